The molecule has 1 rings (SSSR count). The van der Waals surface area contributed by atoms with Gasteiger partial charge in [-0.25, -0.2) is 9.59 Å². The lowest BCUT2D eigenvalue weighted by Gasteiger charge is -2.20. The van der Waals surface area contributed by atoms with Crippen LogP contribution in [0.1, 0.15) is 33.6 Å². The Morgan fingerprint density at radius 1 is 1.22 bits per heavy atom. The van der Waals surface area contributed by atoms with Crippen molar-refractivity contribution < 1.29 is 19.5 Å². The molecule has 0 saturated heterocycles. The summed E-state index contributed by atoms with van der Waals surface area (Å²) in [6, 6.07) is -0.241. The van der Waals surface area contributed by atoms with Crippen LogP contribution in [0.25, 0.3) is 0 Å². The molecule has 0 bridgehead atoms. The first kappa shape index (κ1) is 14.2. The molecule has 6 nitrogen and oxygen atoms in total. The van der Waals surface area contributed by atoms with Crippen LogP contribution in [-0.4, -0.2) is 40.5 Å². The molecule has 3 amide bonds. The summed E-state index contributed by atoms with van der Waals surface area (Å²) in [6.45, 7) is 5.09. The Kier molecular flexibility index (Phi) is 4.47. The van der Waals surface area contributed by atoms with E-state index >= 15 is 0 Å². The molecule has 1 aliphatic rings. The van der Waals surface area contributed by atoms with Crippen molar-refractivity contribution in [2.24, 2.45) is 0 Å². The first-order chi connectivity index (χ1) is 8.38. The van der Waals surface area contributed by atoms with E-state index in [1.807, 2.05) is 6.92 Å². The van der Waals surface area contributed by atoms with Gasteiger partial charge in [0.05, 0.1) is 0 Å². The molecule has 1 aliphatic carbocycles. The quantitative estimate of drug-likeness (QED) is 0.736. The smallest absolute Gasteiger partial charge is 0.331 e. The molecule has 0 heterocycles. The SMILES string of the molecule is CCN(C(=O)NC(=O)/C(C)=C(/C)C(=O)O)C1CC1. The van der Waals surface area contributed by atoms with Gasteiger partial charge in [-0.05, 0) is 33.6 Å². The number of amides is 3. The van der Waals surface area contributed by atoms with Gasteiger partial charge in [0.25, 0.3) is 5.91 Å². The van der Waals surface area contributed by atoms with E-state index in [1.54, 1.807) is 4.90 Å². The van der Waals surface area contributed by atoms with Gasteiger partial charge < -0.3 is 10.0 Å². The fraction of sp³-hybridized carbons (Fsp3) is 0.583. The highest BCUT2D eigenvalue weighted by atomic mass is 16.4. The van der Waals surface area contributed by atoms with Crippen molar-refractivity contribution in [3.8, 4) is 0 Å². The normalized spacial score (nSPS) is 15.7. The van der Waals surface area contributed by atoms with Gasteiger partial charge >= 0.3 is 12.0 Å². The number of hydrogen-bond acceptors (Lipinski definition) is 3. The molecular formula is C12H18N2O4. The van der Waals surface area contributed by atoms with E-state index in [0.29, 0.717) is 6.54 Å². The van der Waals surface area contributed by atoms with Gasteiger partial charge in [-0.1, -0.05) is 0 Å². The number of rotatable bonds is 4. The maximum Gasteiger partial charge on any atom is 0.331 e. The predicted molar refractivity (Wildman–Crippen MR) is 65.0 cm³/mol. The van der Waals surface area contributed by atoms with Crippen molar-refractivity contribution in [1.29, 1.82) is 0 Å². The number of carboxylic acids is 1. The first-order valence-electron chi connectivity index (χ1n) is 5.91. The van der Waals surface area contributed by atoms with E-state index in [9.17, 15) is 14.4 Å². The van der Waals surface area contributed by atoms with Gasteiger partial charge in [0.1, 0.15) is 0 Å². The molecule has 6 heteroatoms. The summed E-state index contributed by atoms with van der Waals surface area (Å²) < 4.78 is 0. The third-order valence-corrected chi connectivity index (χ3v) is 3.03. The fourth-order valence-electron chi connectivity index (χ4n) is 1.55. The highest BCUT2D eigenvalue weighted by molar-refractivity contribution is 6.07. The highest BCUT2D eigenvalue weighted by Crippen LogP contribution is 2.26. The number of carboxylic acid groups (broad SMARTS) is 1. The van der Waals surface area contributed by atoms with Crippen LogP contribution < -0.4 is 5.32 Å². The lowest BCUT2D eigenvalue weighted by molar-refractivity contribution is -0.133. The summed E-state index contributed by atoms with van der Waals surface area (Å²) in [5.41, 5.74) is -0.0162. The van der Waals surface area contributed by atoms with Crippen molar-refractivity contribution in [1.82, 2.24) is 10.2 Å². The maximum absolute atomic E-state index is 11.8. The molecule has 100 valence electrons. The standard InChI is InChI=1S/C12H18N2O4/c1-4-14(9-5-6-9)12(18)13-10(15)7(2)8(3)11(16)17/h9H,4-6H2,1-3H3,(H,16,17)(H,13,15,18)/b8-7-. The molecule has 18 heavy (non-hydrogen) atoms. The van der Waals surface area contributed by atoms with Crippen molar-refractivity contribution in [2.75, 3.05) is 6.54 Å². The first-order valence-corrected chi connectivity index (χ1v) is 5.91. The average Bonchev–Trinajstić information content (AvgIpc) is 3.12. The Bertz CT molecular complexity index is 410. The number of carbonyl (C=O) groups excluding carboxylic acids is 2. The van der Waals surface area contributed by atoms with Crippen molar-refractivity contribution in [3.63, 3.8) is 0 Å². The Labute approximate surface area is 106 Å². The van der Waals surface area contributed by atoms with Gasteiger partial charge in [-0.2, -0.15) is 0 Å². The summed E-state index contributed by atoms with van der Waals surface area (Å²) in [6.07, 6.45) is 1.91. The maximum atomic E-state index is 11.8. The summed E-state index contributed by atoms with van der Waals surface area (Å²) in [7, 11) is 0. The molecule has 1 saturated carbocycles. The van der Waals surface area contributed by atoms with Gasteiger partial charge in [0.2, 0.25) is 0 Å². The summed E-state index contributed by atoms with van der Waals surface area (Å²) >= 11 is 0. The summed E-state index contributed by atoms with van der Waals surface area (Å²) in [5.74, 6) is -1.82. The lowest BCUT2D eigenvalue weighted by Crippen LogP contribution is -2.44. The van der Waals surface area contributed by atoms with Gasteiger partial charge in [0, 0.05) is 23.7 Å². The highest BCUT2D eigenvalue weighted by Gasteiger charge is 2.32. The van der Waals surface area contributed by atoms with Crippen LogP contribution >= 0.6 is 0 Å². The van der Waals surface area contributed by atoms with E-state index in [4.69, 9.17) is 5.11 Å². The van der Waals surface area contributed by atoms with Crippen LogP contribution in [0.4, 0.5) is 4.79 Å². The molecule has 0 aliphatic heterocycles. The third kappa shape index (κ3) is 3.32. The lowest BCUT2D eigenvalue weighted by atomic mass is 10.1. The van der Waals surface area contributed by atoms with Crippen LogP contribution in [0.5, 0.6) is 0 Å². The zero-order valence-corrected chi connectivity index (χ0v) is 10.8. The Morgan fingerprint density at radius 2 is 1.78 bits per heavy atom. The van der Waals surface area contributed by atoms with Crippen LogP contribution in [0, 0.1) is 0 Å². The van der Waals surface area contributed by atoms with Crippen LogP contribution in [0.15, 0.2) is 11.1 Å². The second kappa shape index (κ2) is 5.66. The van der Waals surface area contributed by atoms with E-state index < -0.39 is 17.9 Å². The van der Waals surface area contributed by atoms with E-state index in [-0.39, 0.29) is 17.2 Å². The monoisotopic (exact) mass is 254 g/mol. The molecule has 0 aromatic heterocycles. The second-order valence-corrected chi connectivity index (χ2v) is 4.33. The van der Waals surface area contributed by atoms with Crippen LogP contribution in [-0.2, 0) is 9.59 Å². The topological polar surface area (TPSA) is 86.7 Å². The van der Waals surface area contributed by atoms with E-state index in [0.717, 1.165) is 12.8 Å². The van der Waals surface area contributed by atoms with E-state index in [1.165, 1.54) is 13.8 Å². The number of hydrogen-bond donors (Lipinski definition) is 2. The summed E-state index contributed by atoms with van der Waals surface area (Å²) in [4.78, 5) is 35.8. The van der Waals surface area contributed by atoms with Crippen LogP contribution in [0.2, 0.25) is 0 Å². The zero-order chi connectivity index (χ0) is 13.9. The fourth-order valence-corrected chi connectivity index (χ4v) is 1.55. The minimum atomic E-state index is -1.16. The Hall–Kier alpha value is -1.85. The van der Waals surface area contributed by atoms with Crippen molar-refractivity contribution in [2.45, 2.75) is 39.7 Å². The molecule has 0 spiro atoms. The molecule has 2 N–H and O–H groups in total. The van der Waals surface area contributed by atoms with Crippen LogP contribution in [0.3, 0.4) is 0 Å². The molecule has 1 fully saturated rings. The second-order valence-electron chi connectivity index (χ2n) is 4.33. The zero-order valence-electron chi connectivity index (χ0n) is 10.8. The number of urea groups is 1. The Morgan fingerprint density at radius 3 is 2.17 bits per heavy atom. The largest absolute Gasteiger partial charge is 0.478 e. The number of nitrogens with zero attached hydrogens (tertiary/aromatic N) is 1. The molecule has 0 aromatic rings. The van der Waals surface area contributed by atoms with E-state index in [2.05, 4.69) is 5.32 Å². The molecule has 0 unspecified atom stereocenters. The summed E-state index contributed by atoms with van der Waals surface area (Å²) in [5, 5.41) is 11.0. The Balaban J connectivity index is 2.67. The molecular weight excluding hydrogens is 236 g/mol. The predicted octanol–water partition coefficient (Wildman–Crippen LogP) is 1.13. The third-order valence-electron chi connectivity index (χ3n) is 3.03. The van der Waals surface area contributed by atoms with Gasteiger partial charge in [-0.15, -0.1) is 0 Å². The molecule has 0 aromatic carbocycles. The van der Waals surface area contributed by atoms with Crippen molar-refractivity contribution in [3.05, 3.63) is 11.1 Å². The number of nitrogens with one attached hydrogen (secondary N) is 1. The molecule has 0 atom stereocenters. The minimum absolute atomic E-state index is 0.0442. The van der Waals surface area contributed by atoms with Crippen molar-refractivity contribution >= 4 is 17.9 Å². The number of carbonyl (C=O) groups is 3. The number of aliphatic carboxylic acids is 1. The van der Waals surface area contributed by atoms with Gasteiger partial charge in [-0.3, -0.25) is 10.1 Å². The molecule has 0 radical (unpaired) electrons. The average molecular weight is 254 g/mol. The minimum Gasteiger partial charge on any atom is -0.478 e. The van der Waals surface area contributed by atoms with Gasteiger partial charge in [0.15, 0.2) is 0 Å². The number of imide groups is 1.